The van der Waals surface area contributed by atoms with Crippen LogP contribution in [0, 0.1) is 0 Å². The predicted molar refractivity (Wildman–Crippen MR) is 89.3 cm³/mol. The van der Waals surface area contributed by atoms with Gasteiger partial charge in [0.15, 0.2) is 6.10 Å². The third kappa shape index (κ3) is 3.71. The maximum absolute atomic E-state index is 10.8. The molecule has 3 rings (SSSR count). The molecule has 3 nitrogen and oxygen atoms in total. The van der Waals surface area contributed by atoms with Gasteiger partial charge in [-0.05, 0) is 35.4 Å². The summed E-state index contributed by atoms with van der Waals surface area (Å²) in [6.07, 6.45) is -1.34. The van der Waals surface area contributed by atoms with Crippen molar-refractivity contribution in [2.45, 2.75) is 12.2 Å². The van der Waals surface area contributed by atoms with Crippen molar-refractivity contribution in [1.29, 1.82) is 0 Å². The highest BCUT2D eigenvalue weighted by molar-refractivity contribution is 5.32. The fourth-order valence-corrected chi connectivity index (χ4v) is 2.45. The summed E-state index contributed by atoms with van der Waals surface area (Å²) in [6, 6.07) is 25.5. The van der Waals surface area contributed by atoms with Crippen LogP contribution in [0.15, 0.2) is 84.9 Å². The molecule has 2 atom stereocenters. The van der Waals surface area contributed by atoms with E-state index in [9.17, 15) is 10.2 Å². The highest BCUT2D eigenvalue weighted by Crippen LogP contribution is 2.33. The maximum atomic E-state index is 10.8. The molecule has 0 radical (unpaired) electrons. The van der Waals surface area contributed by atoms with Gasteiger partial charge in [0.2, 0.25) is 0 Å². The number of ether oxygens (including phenoxy) is 1. The van der Waals surface area contributed by atoms with Crippen molar-refractivity contribution >= 4 is 0 Å². The normalized spacial score (nSPS) is 13.3. The molecular weight excluding hydrogens is 288 g/mol. The molecule has 2 N–H and O–H groups in total. The van der Waals surface area contributed by atoms with Gasteiger partial charge in [-0.15, -0.1) is 0 Å². The van der Waals surface area contributed by atoms with E-state index in [4.69, 9.17) is 4.74 Å². The summed E-state index contributed by atoms with van der Waals surface area (Å²) in [6.45, 7) is 0. The highest BCUT2D eigenvalue weighted by Gasteiger charge is 2.24. The van der Waals surface area contributed by atoms with Gasteiger partial charge in [0.1, 0.15) is 17.6 Å². The van der Waals surface area contributed by atoms with Crippen LogP contribution >= 0.6 is 0 Å². The molecule has 0 saturated heterocycles. The van der Waals surface area contributed by atoms with Crippen molar-refractivity contribution in [3.05, 3.63) is 96.1 Å². The zero-order valence-corrected chi connectivity index (χ0v) is 12.5. The van der Waals surface area contributed by atoms with Crippen molar-refractivity contribution in [2.75, 3.05) is 0 Å². The summed E-state index contributed by atoms with van der Waals surface area (Å²) in [5, 5.41) is 20.2. The molecule has 0 amide bonds. The molecule has 3 heteroatoms. The van der Waals surface area contributed by atoms with E-state index in [2.05, 4.69) is 0 Å². The molecular formula is C20H18O3. The average Bonchev–Trinajstić information content (AvgIpc) is 2.62. The number of hydrogen-bond donors (Lipinski definition) is 2. The summed E-state index contributed by atoms with van der Waals surface area (Å²) in [5.41, 5.74) is 1.68. The first-order valence-corrected chi connectivity index (χ1v) is 7.48. The van der Waals surface area contributed by atoms with Gasteiger partial charge < -0.3 is 14.9 Å². The summed E-state index contributed by atoms with van der Waals surface area (Å²) in [7, 11) is 0. The van der Waals surface area contributed by atoms with Crippen molar-refractivity contribution in [3.63, 3.8) is 0 Å². The van der Waals surface area contributed by atoms with Crippen molar-refractivity contribution in [2.24, 2.45) is 0 Å². The topological polar surface area (TPSA) is 49.7 Å². The number of benzene rings is 3. The lowest BCUT2D eigenvalue weighted by molar-refractivity contribution is 0.0343. The second-order valence-corrected chi connectivity index (χ2v) is 5.30. The summed E-state index contributed by atoms with van der Waals surface area (Å²) in [5.74, 6) is 0.767. The van der Waals surface area contributed by atoms with E-state index in [0.29, 0.717) is 5.75 Å². The number of hydrogen-bond acceptors (Lipinski definition) is 3. The Morgan fingerprint density at radius 1 is 0.652 bits per heavy atom. The van der Waals surface area contributed by atoms with Crippen LogP contribution in [-0.4, -0.2) is 10.2 Å². The quantitative estimate of drug-likeness (QED) is 0.741. The first-order valence-electron chi connectivity index (χ1n) is 7.48. The standard InChI is InChI=1S/C20H18O3/c21-17-11-13-18(14-12-17)23-20(16-9-5-2-6-10-16)19(22)15-7-3-1-4-8-15/h1-14,19-22H/t19-,20+/m0/s1. The number of phenols is 1. The molecule has 0 saturated carbocycles. The van der Waals surface area contributed by atoms with Crippen LogP contribution < -0.4 is 4.74 Å². The first-order chi connectivity index (χ1) is 11.2. The zero-order chi connectivity index (χ0) is 16.1. The molecule has 0 aliphatic heterocycles. The van der Waals surface area contributed by atoms with Gasteiger partial charge in [0.05, 0.1) is 0 Å². The zero-order valence-electron chi connectivity index (χ0n) is 12.5. The summed E-state index contributed by atoms with van der Waals surface area (Å²) >= 11 is 0. The molecule has 116 valence electrons. The molecule has 0 spiro atoms. The van der Waals surface area contributed by atoms with Gasteiger partial charge in [-0.25, -0.2) is 0 Å². The van der Waals surface area contributed by atoms with E-state index in [1.807, 2.05) is 60.7 Å². The minimum Gasteiger partial charge on any atom is -0.508 e. The van der Waals surface area contributed by atoms with Crippen LogP contribution in [0.4, 0.5) is 0 Å². The van der Waals surface area contributed by atoms with Crippen LogP contribution in [-0.2, 0) is 0 Å². The van der Waals surface area contributed by atoms with Gasteiger partial charge in [0.25, 0.3) is 0 Å². The first kappa shape index (κ1) is 15.1. The van der Waals surface area contributed by atoms with Gasteiger partial charge in [0, 0.05) is 0 Å². The molecule has 0 bridgehead atoms. The molecule has 3 aromatic rings. The smallest absolute Gasteiger partial charge is 0.154 e. The predicted octanol–water partition coefficient (Wildman–Crippen LogP) is 4.25. The Morgan fingerprint density at radius 2 is 1.17 bits per heavy atom. The van der Waals surface area contributed by atoms with Gasteiger partial charge in [-0.2, -0.15) is 0 Å². The third-order valence-electron chi connectivity index (χ3n) is 3.66. The molecule has 0 aliphatic carbocycles. The molecule has 0 fully saturated rings. The Labute approximate surface area is 135 Å². The van der Waals surface area contributed by atoms with Crippen LogP contribution in [0.2, 0.25) is 0 Å². The van der Waals surface area contributed by atoms with Gasteiger partial charge >= 0.3 is 0 Å². The summed E-state index contributed by atoms with van der Waals surface area (Å²) < 4.78 is 6.01. The Morgan fingerprint density at radius 3 is 1.74 bits per heavy atom. The number of phenolic OH excluding ortho intramolecular Hbond substituents is 1. The largest absolute Gasteiger partial charge is 0.508 e. The molecule has 23 heavy (non-hydrogen) atoms. The fourth-order valence-electron chi connectivity index (χ4n) is 2.45. The maximum Gasteiger partial charge on any atom is 0.154 e. The Hall–Kier alpha value is -2.78. The Kier molecular flexibility index (Phi) is 4.60. The SMILES string of the molecule is Oc1ccc(O[C@H](c2ccccc2)[C@@H](O)c2ccccc2)cc1. The summed E-state index contributed by atoms with van der Waals surface area (Å²) in [4.78, 5) is 0. The third-order valence-corrected chi connectivity index (χ3v) is 3.66. The van der Waals surface area contributed by atoms with Crippen LogP contribution in [0.1, 0.15) is 23.3 Å². The van der Waals surface area contributed by atoms with Crippen molar-refractivity contribution in [3.8, 4) is 11.5 Å². The van der Waals surface area contributed by atoms with E-state index in [1.165, 1.54) is 0 Å². The molecule has 0 heterocycles. The lowest BCUT2D eigenvalue weighted by Gasteiger charge is -2.25. The number of aliphatic hydroxyl groups is 1. The van der Waals surface area contributed by atoms with E-state index in [1.54, 1.807) is 24.3 Å². The minimum absolute atomic E-state index is 0.178. The minimum atomic E-state index is -0.799. The molecule has 0 aliphatic rings. The van der Waals surface area contributed by atoms with Crippen molar-refractivity contribution < 1.29 is 14.9 Å². The second kappa shape index (κ2) is 6.99. The van der Waals surface area contributed by atoms with E-state index >= 15 is 0 Å². The van der Waals surface area contributed by atoms with Crippen LogP contribution in [0.3, 0.4) is 0 Å². The van der Waals surface area contributed by atoms with E-state index in [0.717, 1.165) is 11.1 Å². The second-order valence-electron chi connectivity index (χ2n) is 5.30. The Balaban J connectivity index is 1.92. The van der Waals surface area contributed by atoms with Crippen LogP contribution in [0.25, 0.3) is 0 Å². The molecule has 3 aromatic carbocycles. The number of rotatable bonds is 5. The lowest BCUT2D eigenvalue weighted by Crippen LogP contribution is -2.17. The molecule has 0 aromatic heterocycles. The average molecular weight is 306 g/mol. The highest BCUT2D eigenvalue weighted by atomic mass is 16.5. The Bertz CT molecular complexity index is 724. The number of aliphatic hydroxyl groups excluding tert-OH is 1. The van der Waals surface area contributed by atoms with E-state index in [-0.39, 0.29) is 5.75 Å². The van der Waals surface area contributed by atoms with Crippen LogP contribution in [0.5, 0.6) is 11.5 Å². The van der Waals surface area contributed by atoms with Gasteiger partial charge in [-0.3, -0.25) is 0 Å². The van der Waals surface area contributed by atoms with Crippen molar-refractivity contribution in [1.82, 2.24) is 0 Å². The fraction of sp³-hybridized carbons (Fsp3) is 0.100. The van der Waals surface area contributed by atoms with E-state index < -0.39 is 12.2 Å². The van der Waals surface area contributed by atoms with Gasteiger partial charge in [-0.1, -0.05) is 60.7 Å². The number of aromatic hydroxyl groups is 1. The lowest BCUT2D eigenvalue weighted by atomic mass is 9.98. The molecule has 0 unspecified atom stereocenters. The monoisotopic (exact) mass is 306 g/mol.